The first-order chi connectivity index (χ1) is 12.5. The van der Waals surface area contributed by atoms with E-state index in [4.69, 9.17) is 10.3 Å². The van der Waals surface area contributed by atoms with E-state index in [1.807, 2.05) is 50.4 Å². The fourth-order valence-electron chi connectivity index (χ4n) is 2.45. The maximum Gasteiger partial charge on any atom is 0.264 e. The number of amides is 1. The fraction of sp³-hybridized carbons (Fsp3) is 0.294. The number of nitrogens with one attached hydrogen (secondary N) is 1. The van der Waals surface area contributed by atoms with E-state index in [1.165, 1.54) is 16.4 Å². The van der Waals surface area contributed by atoms with E-state index in [0.29, 0.717) is 22.2 Å². The van der Waals surface area contributed by atoms with Crippen molar-refractivity contribution in [1.82, 2.24) is 25.2 Å². The highest BCUT2D eigenvalue weighted by Gasteiger charge is 2.23. The van der Waals surface area contributed by atoms with Crippen LogP contribution in [0.25, 0.3) is 22.8 Å². The van der Waals surface area contributed by atoms with Gasteiger partial charge in [0, 0.05) is 11.6 Å². The lowest BCUT2D eigenvalue weighted by Crippen LogP contribution is -2.33. The van der Waals surface area contributed by atoms with Gasteiger partial charge in [0.15, 0.2) is 0 Å². The van der Waals surface area contributed by atoms with Crippen molar-refractivity contribution < 1.29 is 9.32 Å². The number of nitrogens with two attached hydrogens (primary N) is 1. The molecular formula is C17H20N6O2S. The molecule has 2 heterocycles. The largest absolute Gasteiger partial charge is 0.383 e. The van der Waals surface area contributed by atoms with Crippen molar-refractivity contribution in [2.24, 2.45) is 0 Å². The SMILES string of the molecule is CSc1nn(CC(=O)NC(C)C)c(N)c1-c1nc(-c2ccccc2)no1. The molecule has 0 saturated heterocycles. The number of anilines is 1. The molecule has 0 aliphatic heterocycles. The molecule has 1 amide bonds. The van der Waals surface area contributed by atoms with E-state index in [0.717, 1.165) is 5.56 Å². The molecular weight excluding hydrogens is 352 g/mol. The van der Waals surface area contributed by atoms with Crippen molar-refractivity contribution in [3.05, 3.63) is 30.3 Å². The molecule has 9 heteroatoms. The molecule has 136 valence electrons. The Morgan fingerprint density at radius 1 is 1.35 bits per heavy atom. The van der Waals surface area contributed by atoms with Gasteiger partial charge in [-0.05, 0) is 20.1 Å². The third-order valence-electron chi connectivity index (χ3n) is 3.57. The first-order valence-corrected chi connectivity index (χ1v) is 9.31. The summed E-state index contributed by atoms with van der Waals surface area (Å²) >= 11 is 1.40. The molecule has 0 unspecified atom stereocenters. The van der Waals surface area contributed by atoms with E-state index in [2.05, 4.69) is 20.6 Å². The van der Waals surface area contributed by atoms with Crippen molar-refractivity contribution in [1.29, 1.82) is 0 Å². The van der Waals surface area contributed by atoms with Gasteiger partial charge in [0.1, 0.15) is 23.0 Å². The van der Waals surface area contributed by atoms with E-state index in [-0.39, 0.29) is 24.4 Å². The third-order valence-corrected chi connectivity index (χ3v) is 4.24. The summed E-state index contributed by atoms with van der Waals surface area (Å²) in [5.74, 6) is 0.902. The second-order valence-corrected chi connectivity index (χ2v) is 6.73. The maximum absolute atomic E-state index is 12.0. The topological polar surface area (TPSA) is 112 Å². The predicted molar refractivity (Wildman–Crippen MR) is 100 cm³/mol. The van der Waals surface area contributed by atoms with E-state index in [9.17, 15) is 4.79 Å². The van der Waals surface area contributed by atoms with Crippen molar-refractivity contribution in [3.8, 4) is 22.8 Å². The summed E-state index contributed by atoms with van der Waals surface area (Å²) in [5.41, 5.74) is 7.61. The molecule has 0 aliphatic rings. The molecule has 0 bridgehead atoms. The van der Waals surface area contributed by atoms with Gasteiger partial charge in [-0.3, -0.25) is 4.79 Å². The number of carbonyl (C=O) groups is 1. The van der Waals surface area contributed by atoms with Crippen molar-refractivity contribution in [3.63, 3.8) is 0 Å². The van der Waals surface area contributed by atoms with Gasteiger partial charge < -0.3 is 15.6 Å². The summed E-state index contributed by atoms with van der Waals surface area (Å²) < 4.78 is 6.85. The van der Waals surface area contributed by atoms with Crippen LogP contribution >= 0.6 is 11.8 Å². The zero-order chi connectivity index (χ0) is 18.7. The average molecular weight is 372 g/mol. The minimum absolute atomic E-state index is 0.0251. The maximum atomic E-state index is 12.0. The van der Waals surface area contributed by atoms with Gasteiger partial charge in [0.25, 0.3) is 5.89 Å². The number of aromatic nitrogens is 4. The Balaban J connectivity index is 1.93. The molecule has 3 N–H and O–H groups in total. The standard InChI is InChI=1S/C17H20N6O2S/c1-10(2)19-12(24)9-23-14(18)13(17(21-23)26-3)16-20-15(22-25-16)11-7-5-4-6-8-11/h4-8,10H,9,18H2,1-3H3,(H,19,24). The Morgan fingerprint density at radius 3 is 2.73 bits per heavy atom. The third kappa shape index (κ3) is 3.72. The second kappa shape index (κ2) is 7.61. The monoisotopic (exact) mass is 372 g/mol. The summed E-state index contributed by atoms with van der Waals surface area (Å²) in [4.78, 5) is 16.5. The number of hydrogen-bond acceptors (Lipinski definition) is 7. The summed E-state index contributed by atoms with van der Waals surface area (Å²) in [6.07, 6.45) is 1.87. The van der Waals surface area contributed by atoms with E-state index >= 15 is 0 Å². The molecule has 0 fully saturated rings. The van der Waals surface area contributed by atoms with Gasteiger partial charge in [0.05, 0.1) is 0 Å². The molecule has 0 atom stereocenters. The van der Waals surface area contributed by atoms with Crippen molar-refractivity contribution in [2.75, 3.05) is 12.0 Å². The summed E-state index contributed by atoms with van der Waals surface area (Å²) in [6.45, 7) is 3.82. The van der Waals surface area contributed by atoms with Gasteiger partial charge in [-0.15, -0.1) is 11.8 Å². The lowest BCUT2D eigenvalue weighted by Gasteiger charge is -2.08. The Kier molecular flexibility index (Phi) is 5.27. The highest BCUT2D eigenvalue weighted by atomic mass is 32.2. The van der Waals surface area contributed by atoms with E-state index < -0.39 is 0 Å². The molecule has 26 heavy (non-hydrogen) atoms. The highest BCUT2D eigenvalue weighted by molar-refractivity contribution is 7.98. The zero-order valence-electron chi connectivity index (χ0n) is 14.8. The van der Waals surface area contributed by atoms with Crippen LogP contribution in [0.1, 0.15) is 13.8 Å². The number of hydrogen-bond donors (Lipinski definition) is 2. The number of benzene rings is 1. The first-order valence-electron chi connectivity index (χ1n) is 8.08. The van der Waals surface area contributed by atoms with Crippen LogP contribution in [0.2, 0.25) is 0 Å². The van der Waals surface area contributed by atoms with Crippen LogP contribution in [-0.2, 0) is 11.3 Å². The molecule has 3 aromatic rings. The Bertz CT molecular complexity index is 903. The number of nitrogen functional groups attached to an aromatic ring is 1. The molecule has 3 rings (SSSR count). The Morgan fingerprint density at radius 2 is 2.08 bits per heavy atom. The summed E-state index contributed by atoms with van der Waals surface area (Å²) in [6, 6.07) is 9.56. The highest BCUT2D eigenvalue weighted by Crippen LogP contribution is 2.34. The fourth-order valence-corrected chi connectivity index (χ4v) is 3.03. The Labute approximate surface area is 155 Å². The number of thioether (sulfide) groups is 1. The number of carbonyl (C=O) groups excluding carboxylic acids is 1. The van der Waals surface area contributed by atoms with Crippen LogP contribution in [0, 0.1) is 0 Å². The van der Waals surface area contributed by atoms with Crippen LogP contribution in [0.5, 0.6) is 0 Å². The van der Waals surface area contributed by atoms with Crippen LogP contribution < -0.4 is 11.1 Å². The summed E-state index contributed by atoms with van der Waals surface area (Å²) in [5, 5.41) is 11.9. The van der Waals surface area contributed by atoms with Crippen LogP contribution in [0.3, 0.4) is 0 Å². The molecule has 1 aromatic carbocycles. The van der Waals surface area contributed by atoms with Gasteiger partial charge in [-0.2, -0.15) is 10.1 Å². The van der Waals surface area contributed by atoms with Gasteiger partial charge in [-0.1, -0.05) is 35.5 Å². The average Bonchev–Trinajstić information content (AvgIpc) is 3.20. The molecule has 2 aromatic heterocycles. The second-order valence-electron chi connectivity index (χ2n) is 5.94. The van der Waals surface area contributed by atoms with Gasteiger partial charge in [-0.25, -0.2) is 4.68 Å². The quantitative estimate of drug-likeness (QED) is 0.639. The lowest BCUT2D eigenvalue weighted by molar-refractivity contribution is -0.122. The molecule has 8 nitrogen and oxygen atoms in total. The Hall–Kier alpha value is -2.81. The minimum atomic E-state index is -0.163. The first kappa shape index (κ1) is 18.0. The van der Waals surface area contributed by atoms with Gasteiger partial charge >= 0.3 is 0 Å². The van der Waals surface area contributed by atoms with Crippen LogP contribution in [0.4, 0.5) is 5.82 Å². The van der Waals surface area contributed by atoms with Crippen molar-refractivity contribution in [2.45, 2.75) is 31.5 Å². The van der Waals surface area contributed by atoms with Gasteiger partial charge in [0.2, 0.25) is 11.7 Å². The van der Waals surface area contributed by atoms with Crippen molar-refractivity contribution >= 4 is 23.5 Å². The zero-order valence-corrected chi connectivity index (χ0v) is 15.6. The summed E-state index contributed by atoms with van der Waals surface area (Å²) in [7, 11) is 0. The molecule has 0 radical (unpaired) electrons. The normalized spacial score (nSPS) is 11.1. The van der Waals surface area contributed by atoms with Crippen LogP contribution in [-0.4, -0.2) is 38.1 Å². The minimum Gasteiger partial charge on any atom is -0.383 e. The van der Waals surface area contributed by atoms with E-state index in [1.54, 1.807) is 0 Å². The molecule has 0 saturated carbocycles. The number of rotatable bonds is 6. The predicted octanol–water partition coefficient (Wildman–Crippen LogP) is 2.43. The lowest BCUT2D eigenvalue weighted by atomic mass is 10.2. The molecule has 0 spiro atoms. The smallest absolute Gasteiger partial charge is 0.264 e. The number of nitrogens with zero attached hydrogens (tertiary/aromatic N) is 4. The molecule has 0 aliphatic carbocycles. The van der Waals surface area contributed by atoms with Crippen LogP contribution in [0.15, 0.2) is 39.9 Å².